The molecule has 0 bridgehead atoms. The number of halogens is 2. The summed E-state index contributed by atoms with van der Waals surface area (Å²) in [5, 5.41) is 2.77. The van der Waals surface area contributed by atoms with Crippen molar-refractivity contribution in [2.45, 2.75) is 51.0 Å². The van der Waals surface area contributed by atoms with E-state index in [-0.39, 0.29) is 12.5 Å². The first kappa shape index (κ1) is 18.7. The molecule has 1 aliphatic heterocycles. The van der Waals surface area contributed by atoms with Gasteiger partial charge in [0.25, 0.3) is 0 Å². The molecule has 1 aliphatic rings. The number of nitrogens with zero attached hydrogens (tertiary/aromatic N) is 1. The summed E-state index contributed by atoms with van der Waals surface area (Å²) in [5.41, 5.74) is 0.553. The molecule has 1 aromatic carbocycles. The van der Waals surface area contributed by atoms with Crippen molar-refractivity contribution in [3.05, 3.63) is 23.5 Å². The van der Waals surface area contributed by atoms with Gasteiger partial charge in [0.2, 0.25) is 5.91 Å². The first-order valence-corrected chi connectivity index (χ1v) is 8.67. The predicted molar refractivity (Wildman–Crippen MR) is 95.2 cm³/mol. The van der Waals surface area contributed by atoms with Gasteiger partial charge in [0.05, 0.1) is 11.4 Å². The quantitative estimate of drug-likeness (QED) is 0.757. The highest BCUT2D eigenvalue weighted by atomic mass is 79.9. The summed E-state index contributed by atoms with van der Waals surface area (Å²) >= 11 is 3.42. The zero-order chi connectivity index (χ0) is 18.3. The Bertz CT molecular complexity index is 687. The van der Waals surface area contributed by atoms with Crippen LogP contribution in [0.2, 0.25) is 0 Å². The van der Waals surface area contributed by atoms with Gasteiger partial charge in [0, 0.05) is 12.1 Å². The number of rotatable bonds is 3. The summed E-state index contributed by atoms with van der Waals surface area (Å²) in [5.74, 6) is -0.786. The highest BCUT2D eigenvalue weighted by Gasteiger charge is 2.45. The third-order valence-corrected chi connectivity index (χ3v) is 5.16. The number of nitrogens with one attached hydrogen (secondary N) is 1. The molecule has 7 heteroatoms. The summed E-state index contributed by atoms with van der Waals surface area (Å²) in [6, 6.07) is 2.55. The van der Waals surface area contributed by atoms with Crippen molar-refractivity contribution in [2.24, 2.45) is 0 Å². The lowest BCUT2D eigenvalue weighted by atomic mass is 9.97. The Morgan fingerprint density at radius 2 is 2.00 bits per heavy atom. The number of alkyl halides is 1. The van der Waals surface area contributed by atoms with Crippen LogP contribution in [0.4, 0.5) is 20.6 Å². The molecule has 0 radical (unpaired) electrons. The summed E-state index contributed by atoms with van der Waals surface area (Å²) in [4.78, 5) is 26.1. The predicted octanol–water partition coefficient (Wildman–Crippen LogP) is 4.54. The Morgan fingerprint density at radius 3 is 2.50 bits per heavy atom. The number of hydrogen-bond donors (Lipinski definition) is 1. The fraction of sp³-hybridized carbons (Fsp3) is 0.529. The second-order valence-corrected chi connectivity index (χ2v) is 8.03. The normalized spacial score (nSPS) is 19.7. The maximum Gasteiger partial charge on any atom is 0.414 e. The Labute approximate surface area is 149 Å². The highest BCUT2D eigenvalue weighted by Crippen LogP contribution is 2.49. The molecular formula is C17H22BrFN2O3. The van der Waals surface area contributed by atoms with Gasteiger partial charge in [-0.2, -0.15) is 0 Å². The van der Waals surface area contributed by atoms with E-state index in [1.165, 1.54) is 17.0 Å². The van der Waals surface area contributed by atoms with Crippen LogP contribution in [0.5, 0.6) is 0 Å². The van der Waals surface area contributed by atoms with E-state index >= 15 is 0 Å². The topological polar surface area (TPSA) is 58.6 Å². The minimum Gasteiger partial charge on any atom is -0.443 e. The zero-order valence-corrected chi connectivity index (χ0v) is 16.1. The van der Waals surface area contributed by atoms with Crippen molar-refractivity contribution in [3.8, 4) is 0 Å². The fourth-order valence-electron chi connectivity index (χ4n) is 2.65. The smallest absolute Gasteiger partial charge is 0.414 e. The van der Waals surface area contributed by atoms with E-state index in [9.17, 15) is 14.0 Å². The largest absolute Gasteiger partial charge is 0.443 e. The van der Waals surface area contributed by atoms with Crippen molar-refractivity contribution in [2.75, 3.05) is 16.8 Å². The molecule has 1 aromatic rings. The van der Waals surface area contributed by atoms with Crippen LogP contribution in [-0.2, 0) is 13.9 Å². The minimum atomic E-state index is -0.994. The number of ether oxygens (including phenoxy) is 1. The average molecular weight is 401 g/mol. The lowest BCUT2D eigenvalue weighted by Gasteiger charge is -2.28. The van der Waals surface area contributed by atoms with Crippen molar-refractivity contribution < 1.29 is 18.7 Å². The van der Waals surface area contributed by atoms with Crippen LogP contribution < -0.4 is 10.2 Å². The van der Waals surface area contributed by atoms with E-state index in [0.717, 1.165) is 0 Å². The van der Waals surface area contributed by atoms with E-state index in [2.05, 4.69) is 21.2 Å². The van der Waals surface area contributed by atoms with Crippen LogP contribution in [-0.4, -0.2) is 24.1 Å². The maximum absolute atomic E-state index is 14.2. The van der Waals surface area contributed by atoms with E-state index < -0.39 is 21.8 Å². The Hall–Kier alpha value is -1.63. The van der Waals surface area contributed by atoms with Gasteiger partial charge in [-0.05, 0) is 46.2 Å². The lowest BCUT2D eigenvalue weighted by Crippen LogP contribution is -2.37. The molecule has 0 saturated heterocycles. The molecule has 0 spiro atoms. The standard InChI is InChI=1S/C17H22BrFN2O3/c1-6-17(18)11-8-10(19)9-12(13(11)20-14(17)22)21(7-2)15(23)24-16(3,4)5/h8-9H,6-7H2,1-5H3,(H,20,22). The summed E-state index contributed by atoms with van der Waals surface area (Å²) in [6.07, 6.45) is -0.136. The molecule has 2 rings (SSSR count). The first-order valence-electron chi connectivity index (χ1n) is 7.88. The molecular weight excluding hydrogens is 379 g/mol. The van der Waals surface area contributed by atoms with Crippen molar-refractivity contribution in [1.82, 2.24) is 0 Å². The van der Waals surface area contributed by atoms with Crippen LogP contribution >= 0.6 is 15.9 Å². The second-order valence-electron chi connectivity index (χ2n) is 6.68. The molecule has 5 nitrogen and oxygen atoms in total. The van der Waals surface area contributed by atoms with Crippen LogP contribution in [0.15, 0.2) is 12.1 Å². The van der Waals surface area contributed by atoms with Gasteiger partial charge < -0.3 is 10.1 Å². The number of carbonyl (C=O) groups is 2. The second kappa shape index (κ2) is 6.35. The molecule has 1 N–H and O–H groups in total. The van der Waals surface area contributed by atoms with Crippen molar-refractivity contribution >= 4 is 39.3 Å². The Kier molecular flexibility index (Phi) is 4.95. The first-order chi connectivity index (χ1) is 11.0. The highest BCUT2D eigenvalue weighted by molar-refractivity contribution is 9.10. The number of benzene rings is 1. The van der Waals surface area contributed by atoms with Gasteiger partial charge in [-0.25, -0.2) is 9.18 Å². The van der Waals surface area contributed by atoms with E-state index in [4.69, 9.17) is 4.74 Å². The number of amides is 2. The molecule has 1 atom stereocenters. The summed E-state index contributed by atoms with van der Waals surface area (Å²) in [7, 11) is 0. The molecule has 1 unspecified atom stereocenters. The van der Waals surface area contributed by atoms with Gasteiger partial charge in [0.1, 0.15) is 15.7 Å². The molecule has 1 heterocycles. The zero-order valence-electron chi connectivity index (χ0n) is 14.5. The Balaban J connectivity index is 2.54. The van der Waals surface area contributed by atoms with Gasteiger partial charge >= 0.3 is 6.09 Å². The monoisotopic (exact) mass is 400 g/mol. The molecule has 132 valence electrons. The number of fused-ring (bicyclic) bond motifs is 1. The number of anilines is 2. The molecule has 0 aromatic heterocycles. The van der Waals surface area contributed by atoms with Crippen LogP contribution in [0.25, 0.3) is 0 Å². The third-order valence-electron chi connectivity index (χ3n) is 3.82. The molecule has 2 amide bonds. The van der Waals surface area contributed by atoms with Crippen LogP contribution in [0.1, 0.15) is 46.6 Å². The van der Waals surface area contributed by atoms with Crippen molar-refractivity contribution in [3.63, 3.8) is 0 Å². The van der Waals surface area contributed by atoms with Crippen molar-refractivity contribution in [1.29, 1.82) is 0 Å². The minimum absolute atomic E-state index is 0.271. The SMILES string of the molecule is CCN(C(=O)OC(C)(C)C)c1cc(F)cc2c1NC(=O)C2(Br)CC. The number of hydrogen-bond acceptors (Lipinski definition) is 3. The average Bonchev–Trinajstić information content (AvgIpc) is 2.71. The summed E-state index contributed by atoms with van der Waals surface area (Å²) in [6.45, 7) is 9.16. The van der Waals surface area contributed by atoms with Gasteiger partial charge in [0.15, 0.2) is 0 Å². The third kappa shape index (κ3) is 3.27. The molecule has 0 aliphatic carbocycles. The Morgan fingerprint density at radius 1 is 1.38 bits per heavy atom. The van der Waals surface area contributed by atoms with E-state index in [1.807, 2.05) is 6.92 Å². The van der Waals surface area contributed by atoms with Crippen LogP contribution in [0, 0.1) is 5.82 Å². The number of carbonyl (C=O) groups excluding carboxylic acids is 2. The van der Waals surface area contributed by atoms with Crippen LogP contribution in [0.3, 0.4) is 0 Å². The van der Waals surface area contributed by atoms with E-state index in [1.54, 1.807) is 27.7 Å². The van der Waals surface area contributed by atoms with Gasteiger partial charge in [-0.15, -0.1) is 0 Å². The maximum atomic E-state index is 14.2. The van der Waals surface area contributed by atoms with E-state index in [0.29, 0.717) is 23.4 Å². The fourth-order valence-corrected chi connectivity index (χ4v) is 3.06. The van der Waals surface area contributed by atoms with Gasteiger partial charge in [-0.3, -0.25) is 9.69 Å². The summed E-state index contributed by atoms with van der Waals surface area (Å²) < 4.78 is 18.6. The van der Waals surface area contributed by atoms with Gasteiger partial charge in [-0.1, -0.05) is 22.9 Å². The molecule has 24 heavy (non-hydrogen) atoms. The molecule has 0 saturated carbocycles. The molecule has 0 fully saturated rings. The lowest BCUT2D eigenvalue weighted by molar-refractivity contribution is -0.117.